The molecule has 228 valence electrons. The van der Waals surface area contributed by atoms with Gasteiger partial charge in [-0.1, -0.05) is 36.4 Å². The maximum absolute atomic E-state index is 12.1. The van der Waals surface area contributed by atoms with E-state index in [2.05, 4.69) is 15.6 Å². The van der Waals surface area contributed by atoms with Crippen molar-refractivity contribution in [3.8, 4) is 5.88 Å². The summed E-state index contributed by atoms with van der Waals surface area (Å²) in [5.41, 5.74) is 4.20. The topological polar surface area (TPSA) is 170 Å². The predicted octanol–water partition coefficient (Wildman–Crippen LogP) is 5.08. The largest absolute Gasteiger partial charge is 0.494 e. The quantitative estimate of drug-likeness (QED) is 0.0681. The molecule has 3 aromatic carbocycles. The second-order valence-electron chi connectivity index (χ2n) is 11.0. The van der Waals surface area contributed by atoms with E-state index in [-0.39, 0.29) is 23.2 Å². The van der Waals surface area contributed by atoms with E-state index < -0.39 is 16.9 Å². The number of carbonyl (C=O) groups is 3. The number of nitro benzene ring substituents is 1. The number of likely N-dealkylation sites (tertiary alicyclic amines) is 1. The number of hydrogen-bond donors (Lipinski definition) is 4. The van der Waals surface area contributed by atoms with Crippen LogP contribution in [0.1, 0.15) is 47.9 Å². The predicted molar refractivity (Wildman–Crippen MR) is 168 cm³/mol. The van der Waals surface area contributed by atoms with Crippen LogP contribution in [-0.2, 0) is 16.0 Å². The zero-order valence-corrected chi connectivity index (χ0v) is 24.2. The van der Waals surface area contributed by atoms with E-state index in [9.17, 15) is 29.6 Å². The number of hydrogen-bond acceptors (Lipinski definition) is 7. The van der Waals surface area contributed by atoms with Crippen molar-refractivity contribution in [2.24, 2.45) is 4.99 Å². The summed E-state index contributed by atoms with van der Waals surface area (Å²) < 4.78 is 0. The number of amides is 4. The van der Waals surface area contributed by atoms with Gasteiger partial charge in [0.2, 0.25) is 5.91 Å². The van der Waals surface area contributed by atoms with Crippen LogP contribution in [0.3, 0.4) is 0 Å². The summed E-state index contributed by atoms with van der Waals surface area (Å²) in [7, 11) is 0. The fourth-order valence-electron chi connectivity index (χ4n) is 5.61. The maximum Gasteiger partial charge on any atom is 0.326 e. The summed E-state index contributed by atoms with van der Waals surface area (Å²) in [6.45, 7) is 1.53. The first-order valence-electron chi connectivity index (χ1n) is 14.6. The molecule has 0 spiro atoms. The van der Waals surface area contributed by atoms with Crippen molar-refractivity contribution in [2.45, 2.75) is 32.1 Å². The van der Waals surface area contributed by atoms with Crippen LogP contribution in [0.15, 0.2) is 77.4 Å². The van der Waals surface area contributed by atoms with Crippen molar-refractivity contribution in [3.63, 3.8) is 0 Å². The molecule has 2 aliphatic heterocycles. The molecule has 0 saturated carbocycles. The van der Waals surface area contributed by atoms with Gasteiger partial charge in [-0.25, -0.2) is 9.79 Å². The van der Waals surface area contributed by atoms with E-state index in [0.717, 1.165) is 44.3 Å². The number of rotatable bonds is 9. The molecule has 6 rings (SSSR count). The fraction of sp³-hybridized carbons (Fsp3) is 0.212. The van der Waals surface area contributed by atoms with E-state index in [4.69, 9.17) is 4.99 Å². The van der Waals surface area contributed by atoms with Gasteiger partial charge in [0.1, 0.15) is 5.70 Å². The Morgan fingerprint density at radius 3 is 2.47 bits per heavy atom. The van der Waals surface area contributed by atoms with E-state index in [1.807, 2.05) is 29.2 Å². The molecule has 12 heteroatoms. The fourth-order valence-corrected chi connectivity index (χ4v) is 5.61. The number of carbonyl (C=O) groups excluding carboxylic acids is 3. The lowest BCUT2D eigenvalue weighted by Gasteiger charge is -2.26. The van der Waals surface area contributed by atoms with Crippen molar-refractivity contribution < 1.29 is 24.4 Å². The van der Waals surface area contributed by atoms with Gasteiger partial charge in [-0.3, -0.25) is 25.0 Å². The smallest absolute Gasteiger partial charge is 0.326 e. The van der Waals surface area contributed by atoms with Gasteiger partial charge in [-0.15, -0.1) is 0 Å². The third-order valence-corrected chi connectivity index (χ3v) is 7.92. The Kier molecular flexibility index (Phi) is 8.10. The highest BCUT2D eigenvalue weighted by atomic mass is 16.6. The Balaban J connectivity index is 1.32. The first-order valence-corrected chi connectivity index (χ1v) is 14.6. The standard InChI is InChI=1S/C33H30N6O6/c40-28-5-1-2-16-38(28)17-3-4-20-6-10-22(11-7-20)30(29-25-19-24(39(44)45)14-15-26(25)35-32(29)42)34-23-12-8-21(9-13-23)18-27-31(41)37-33(43)36-27/h6-15,18-19,35,42H,1-5,16-17H2,(H2,36,37,41,43)/b27-18+,34-30?. The number of nitrogens with one attached hydrogen (secondary N) is 3. The number of imide groups is 1. The lowest BCUT2D eigenvalue weighted by atomic mass is 9.98. The van der Waals surface area contributed by atoms with Gasteiger partial charge in [0.05, 0.1) is 21.9 Å². The Morgan fingerprint density at radius 2 is 1.78 bits per heavy atom. The normalized spacial score (nSPS) is 16.4. The molecule has 4 aromatic rings. The van der Waals surface area contributed by atoms with Crippen molar-refractivity contribution in [2.75, 3.05) is 13.1 Å². The molecule has 2 aliphatic rings. The number of aromatic hydroxyl groups is 1. The van der Waals surface area contributed by atoms with E-state index in [1.165, 1.54) is 12.1 Å². The molecule has 0 unspecified atom stereocenters. The lowest BCUT2D eigenvalue weighted by Crippen LogP contribution is -2.36. The summed E-state index contributed by atoms with van der Waals surface area (Å²) in [5.74, 6) is -0.475. The van der Waals surface area contributed by atoms with E-state index >= 15 is 0 Å². The summed E-state index contributed by atoms with van der Waals surface area (Å²) in [6, 6.07) is 18.4. The minimum absolute atomic E-state index is 0.120. The number of urea groups is 1. The number of benzene rings is 3. The Morgan fingerprint density at radius 1 is 1.00 bits per heavy atom. The number of aromatic nitrogens is 1. The SMILES string of the molecule is O=C1NC(=O)/C(=C\c2ccc(N=C(c3ccc(CCCN4CCCCC4=O)cc3)c3c(O)[nH]c4ccc([N+](=O)[O-])cc34)cc2)N1. The molecule has 4 N–H and O–H groups in total. The van der Waals surface area contributed by atoms with Gasteiger partial charge < -0.3 is 20.3 Å². The van der Waals surface area contributed by atoms with Crippen molar-refractivity contribution >= 4 is 51.9 Å². The molecule has 4 amide bonds. The zero-order valence-electron chi connectivity index (χ0n) is 24.2. The minimum Gasteiger partial charge on any atom is -0.494 e. The maximum atomic E-state index is 12.1. The van der Waals surface area contributed by atoms with Crippen LogP contribution in [0, 0.1) is 10.1 Å². The monoisotopic (exact) mass is 606 g/mol. The first-order chi connectivity index (χ1) is 21.7. The van der Waals surface area contributed by atoms with Crippen molar-refractivity contribution in [1.29, 1.82) is 0 Å². The third-order valence-electron chi connectivity index (χ3n) is 7.92. The number of aromatic amines is 1. The number of H-pyrrole nitrogens is 1. The molecule has 2 saturated heterocycles. The van der Waals surface area contributed by atoms with Crippen LogP contribution in [-0.4, -0.2) is 56.6 Å². The number of nitrogens with zero attached hydrogens (tertiary/aromatic N) is 3. The highest BCUT2D eigenvalue weighted by Gasteiger charge is 2.23. The Bertz CT molecular complexity index is 1870. The first kappa shape index (κ1) is 29.3. The molecular weight excluding hydrogens is 576 g/mol. The number of nitro groups is 1. The van der Waals surface area contributed by atoms with Crippen LogP contribution in [0.2, 0.25) is 0 Å². The number of fused-ring (bicyclic) bond motifs is 1. The van der Waals surface area contributed by atoms with Gasteiger partial charge >= 0.3 is 6.03 Å². The van der Waals surface area contributed by atoms with Crippen LogP contribution in [0.5, 0.6) is 5.88 Å². The highest BCUT2D eigenvalue weighted by Crippen LogP contribution is 2.34. The number of aryl methyl sites for hydroxylation is 1. The average Bonchev–Trinajstić information content (AvgIpc) is 3.53. The average molecular weight is 607 g/mol. The molecule has 1 aromatic heterocycles. The third kappa shape index (κ3) is 6.44. The van der Waals surface area contributed by atoms with Gasteiger partial charge in [0.15, 0.2) is 5.88 Å². The molecule has 0 aliphatic carbocycles. The second kappa shape index (κ2) is 12.4. The van der Waals surface area contributed by atoms with E-state index in [0.29, 0.717) is 45.4 Å². The number of piperidine rings is 1. The minimum atomic E-state index is -0.584. The van der Waals surface area contributed by atoms with Crippen LogP contribution in [0.25, 0.3) is 17.0 Å². The molecule has 0 atom stereocenters. The number of non-ortho nitro benzene ring substituents is 1. The number of aliphatic imine (C=N–C) groups is 1. The van der Waals surface area contributed by atoms with E-state index in [1.54, 1.807) is 36.4 Å². The Labute approximate surface area is 257 Å². The van der Waals surface area contributed by atoms with Crippen molar-refractivity contribution in [1.82, 2.24) is 20.5 Å². The molecule has 0 radical (unpaired) electrons. The molecule has 0 bridgehead atoms. The van der Waals surface area contributed by atoms with Gasteiger partial charge in [0.25, 0.3) is 11.6 Å². The van der Waals surface area contributed by atoms with Gasteiger partial charge in [-0.2, -0.15) is 0 Å². The summed E-state index contributed by atoms with van der Waals surface area (Å²) in [4.78, 5) is 56.2. The van der Waals surface area contributed by atoms with Gasteiger partial charge in [0, 0.05) is 48.1 Å². The van der Waals surface area contributed by atoms with Crippen molar-refractivity contribution in [3.05, 3.63) is 105 Å². The lowest BCUT2D eigenvalue weighted by molar-refractivity contribution is -0.384. The van der Waals surface area contributed by atoms with Crippen LogP contribution < -0.4 is 10.6 Å². The molecule has 3 heterocycles. The summed E-state index contributed by atoms with van der Waals surface area (Å²) in [5, 5.41) is 27.6. The summed E-state index contributed by atoms with van der Waals surface area (Å²) >= 11 is 0. The Hall–Kier alpha value is -5.78. The van der Waals surface area contributed by atoms with Crippen LogP contribution >= 0.6 is 0 Å². The zero-order chi connectivity index (χ0) is 31.5. The second-order valence-corrected chi connectivity index (χ2v) is 11.0. The van der Waals surface area contributed by atoms with Gasteiger partial charge in [-0.05, 0) is 61.1 Å². The molecule has 2 fully saturated rings. The molecule has 45 heavy (non-hydrogen) atoms. The highest BCUT2D eigenvalue weighted by molar-refractivity contribution is 6.22. The molecular formula is C33H30N6O6. The van der Waals surface area contributed by atoms with Crippen LogP contribution in [0.4, 0.5) is 16.2 Å². The summed E-state index contributed by atoms with van der Waals surface area (Å²) in [6.07, 6.45) is 5.79. The molecule has 12 nitrogen and oxygen atoms in total.